The fourth-order valence-electron chi connectivity index (χ4n) is 0. The largest absolute Gasteiger partial charge is 0.557 e. The van der Waals surface area contributed by atoms with Crippen LogP contribution in [0.1, 0.15) is 0 Å². The molecule has 0 aliphatic rings. The molecule has 0 saturated heterocycles. The summed E-state index contributed by atoms with van der Waals surface area (Å²) in [7, 11) is 1.37. The molecule has 0 unspecified atom stereocenters. The number of hydrogen-bond acceptors (Lipinski definition) is 2. The van der Waals surface area contributed by atoms with Crippen LogP contribution in [0.3, 0.4) is 0 Å². The summed E-state index contributed by atoms with van der Waals surface area (Å²) >= 11 is 0. The monoisotopic (exact) mass is 394 g/mol. The van der Waals surface area contributed by atoms with Gasteiger partial charge in [0.15, 0.2) is 0 Å². The molecule has 8 heavy (non-hydrogen) atoms. The second kappa shape index (κ2) is 16.5. The second-order valence-electron chi connectivity index (χ2n) is 0.571. The molecule has 0 aromatic heterocycles. The van der Waals surface area contributed by atoms with Gasteiger partial charge in [0.2, 0.25) is 0 Å². The van der Waals surface area contributed by atoms with Crippen molar-refractivity contribution in [2.45, 2.75) is 0 Å². The van der Waals surface area contributed by atoms with E-state index >= 15 is 0 Å². The van der Waals surface area contributed by atoms with Crippen molar-refractivity contribution in [3.63, 3.8) is 0 Å². The van der Waals surface area contributed by atoms with Gasteiger partial charge in [-0.3, -0.25) is 4.57 Å². The molecule has 48 valence electrons. The van der Waals surface area contributed by atoms with Gasteiger partial charge in [0.1, 0.15) is 0 Å². The molecule has 0 amide bonds. The zero-order chi connectivity index (χ0) is 6.28. The van der Waals surface area contributed by atoms with Crippen molar-refractivity contribution in [1.29, 1.82) is 0 Å². The Balaban J connectivity index is -0.0000000575. The zero-order valence-electron chi connectivity index (χ0n) is 4.63. The molecule has 2 N–H and O–H groups in total. The van der Waals surface area contributed by atoms with Crippen molar-refractivity contribution in [3.8, 4) is 0 Å². The van der Waals surface area contributed by atoms with Crippen molar-refractivity contribution in [2.24, 2.45) is 0 Å². The van der Waals surface area contributed by atoms with Gasteiger partial charge in [-0.1, -0.05) is 0 Å². The van der Waals surface area contributed by atoms with E-state index in [1.165, 1.54) is 7.11 Å². The molecule has 0 aromatic carbocycles. The number of rotatable bonds is 0. The average molecular weight is 394 g/mol. The Kier molecular flexibility index (Phi) is 32.4. The molecular weight excluding hydrogens is 386 g/mol. The average Bonchev–Trinajstić information content (AvgIpc) is 1.33. The van der Waals surface area contributed by atoms with E-state index in [4.69, 9.17) is 14.4 Å². The topological polar surface area (TPSA) is 66.8 Å². The number of hydrogen-bond donors (Lipinski definition) is 2. The van der Waals surface area contributed by atoms with Gasteiger partial charge in [0, 0.05) is 0 Å². The summed E-state index contributed by atoms with van der Waals surface area (Å²) in [5.74, 6) is 0. The minimum atomic E-state index is -3.13. The van der Waals surface area contributed by atoms with E-state index in [0.29, 0.717) is 0 Å². The van der Waals surface area contributed by atoms with Gasteiger partial charge < -0.3 is 14.5 Å². The first-order valence-electron chi connectivity index (χ1n) is 1.35. The Bertz CT molecular complexity index is 45.3. The fraction of sp³-hybridized carbons (Fsp3) is 0.500. The van der Waals surface area contributed by atoms with Crippen LogP contribution < -0.4 is 0 Å². The van der Waals surface area contributed by atoms with Crippen LogP contribution in [0, 0.1) is 7.11 Å². The molecule has 4 nitrogen and oxygen atoms in total. The Labute approximate surface area is 42.7 Å². The van der Waals surface area contributed by atoms with Crippen LogP contribution in [0.2, 0.25) is 0 Å². The third kappa shape index (κ3) is 109. The summed E-state index contributed by atoms with van der Waals surface area (Å²) in [6.45, 7) is 0. The number of ether oxygens (including phenoxy) is 1. The van der Waals surface area contributed by atoms with Crippen molar-refractivity contribution >= 4 is 8.25 Å². The van der Waals surface area contributed by atoms with Crippen molar-refractivity contribution < 1.29 is 19.1 Å². The molecule has 0 atom stereocenters. The maximum Gasteiger partial charge on any atom is 0.314 e. The van der Waals surface area contributed by atoms with E-state index in [9.17, 15) is 0 Å². The van der Waals surface area contributed by atoms with Crippen LogP contribution in [-0.4, -0.2) is 16.9 Å². The Morgan fingerprint density at radius 3 is 1.62 bits per heavy atom. The van der Waals surface area contributed by atoms with Crippen LogP contribution in [0.15, 0.2) is 0 Å². The molecule has 0 radical (unpaired) electrons. The van der Waals surface area contributed by atoms with E-state index in [1.54, 1.807) is 0 Å². The van der Waals surface area contributed by atoms with E-state index in [0.717, 1.165) is 0 Å². The molecule has 0 bridgehead atoms. The van der Waals surface area contributed by atoms with Gasteiger partial charge in [-0.2, -0.15) is 0 Å². The van der Waals surface area contributed by atoms with Gasteiger partial charge in [0.25, 0.3) is 0 Å². The van der Waals surface area contributed by atoms with E-state index in [1.807, 2.05) is 0 Å². The smallest absolute Gasteiger partial charge is 0.314 e. The SMILES string of the molecule is O=[PH](O)O.[CH2-]OC.[Rf]. The normalized spacial score (nSPS) is 6.62. The first kappa shape index (κ1) is 15.7. The summed E-state index contributed by atoms with van der Waals surface area (Å²) in [5, 5.41) is 0. The minimum Gasteiger partial charge on any atom is -0.557 e. The summed E-state index contributed by atoms with van der Waals surface area (Å²) in [6, 6.07) is 0. The van der Waals surface area contributed by atoms with Crippen LogP contribution >= 0.6 is 8.25 Å². The summed E-state index contributed by atoms with van der Waals surface area (Å²) in [5.41, 5.74) is 0. The standard InChI is InChI=1S/C2H5O.H3O3P.Rf/c1-3-2;1-4(2)3;/h1H2,2H3;4H,(H2,1,2,3);/q-1;;. The van der Waals surface area contributed by atoms with E-state index in [2.05, 4.69) is 11.8 Å². The fourth-order valence-corrected chi connectivity index (χ4v) is 0. The van der Waals surface area contributed by atoms with Crippen molar-refractivity contribution in [2.75, 3.05) is 7.11 Å². The van der Waals surface area contributed by atoms with E-state index in [-0.39, 0.29) is 0 Å². The Morgan fingerprint density at radius 2 is 1.62 bits per heavy atom. The van der Waals surface area contributed by atoms with Gasteiger partial charge in [-0.05, 0) is 7.11 Å². The Morgan fingerprint density at radius 1 is 1.62 bits per heavy atom. The molecule has 0 heterocycles. The first-order chi connectivity index (χ1) is 3.15. The molecule has 6 heteroatoms. The molecule has 0 saturated carbocycles. The van der Waals surface area contributed by atoms with Crippen LogP contribution in [0.5, 0.6) is 0 Å². The van der Waals surface area contributed by atoms with Gasteiger partial charge in [0.05, 0.1) is 0 Å². The zero-order valence-corrected chi connectivity index (χ0v) is 12.0. The molecule has 0 fully saturated rings. The van der Waals surface area contributed by atoms with Gasteiger partial charge in [-0.15, -0.1) is 0 Å². The third-order valence-electron chi connectivity index (χ3n) is 0. The number of methoxy groups -OCH3 is 1. The quantitative estimate of drug-likeness (QED) is 0.441. The minimum absolute atomic E-state index is 0. The maximum absolute atomic E-state index is 8.74. The molecule has 0 aliphatic heterocycles. The summed E-state index contributed by atoms with van der Waals surface area (Å²) in [4.78, 5) is 14.3. The van der Waals surface area contributed by atoms with Crippen molar-refractivity contribution in [3.05, 3.63) is 7.11 Å². The molecular formula is C2H8O4PRf-. The predicted octanol–water partition coefficient (Wildman–Crippen LogP) is -0.215. The second-order valence-corrected chi connectivity index (χ2v) is 1.14. The third-order valence-corrected chi connectivity index (χ3v) is 0. The Hall–Kier alpha value is -0.890. The summed E-state index contributed by atoms with van der Waals surface area (Å²) < 4.78 is 12.7. The first-order valence-corrected chi connectivity index (χ1v) is 2.65. The van der Waals surface area contributed by atoms with Crippen molar-refractivity contribution in [1.82, 2.24) is 0 Å². The van der Waals surface area contributed by atoms with Gasteiger partial charge >= 0.3 is 8.25 Å². The van der Waals surface area contributed by atoms with Crippen LogP contribution in [0.4, 0.5) is 0 Å². The summed E-state index contributed by atoms with van der Waals surface area (Å²) in [6.07, 6.45) is 0. The van der Waals surface area contributed by atoms with Crippen LogP contribution in [0.25, 0.3) is 0 Å². The molecule has 0 aromatic rings. The predicted molar refractivity (Wildman–Crippen MR) is 25.8 cm³/mol. The van der Waals surface area contributed by atoms with E-state index < -0.39 is 8.25 Å². The molecule has 0 aliphatic carbocycles. The van der Waals surface area contributed by atoms with Gasteiger partial charge in [-0.25, -0.2) is 7.11 Å². The van der Waals surface area contributed by atoms with Crippen LogP contribution in [-0.2, 0) is 9.30 Å². The maximum atomic E-state index is 8.74. The molecule has 0 spiro atoms. The molecule has 0 rings (SSSR count).